The van der Waals surface area contributed by atoms with Crippen molar-refractivity contribution in [1.82, 2.24) is 0 Å². The minimum atomic E-state index is 0.0342. The number of methoxy groups -OCH3 is 1. The lowest BCUT2D eigenvalue weighted by Crippen LogP contribution is -2.42. The van der Waals surface area contributed by atoms with Crippen LogP contribution in [0, 0.1) is 12.8 Å². The average molecular weight is 307 g/mol. The number of hydrogen-bond donors (Lipinski definition) is 1. The minimum Gasteiger partial charge on any atom is -0.496 e. The van der Waals surface area contributed by atoms with Crippen LogP contribution >= 0.6 is 11.8 Å². The van der Waals surface area contributed by atoms with Crippen LogP contribution in [-0.2, 0) is 4.74 Å². The molecule has 2 fully saturated rings. The minimum absolute atomic E-state index is 0.0342. The van der Waals surface area contributed by atoms with Crippen molar-refractivity contribution in [2.24, 2.45) is 11.7 Å². The maximum absolute atomic E-state index is 6.60. The van der Waals surface area contributed by atoms with Gasteiger partial charge in [0.15, 0.2) is 0 Å². The van der Waals surface area contributed by atoms with E-state index in [-0.39, 0.29) is 11.6 Å². The van der Waals surface area contributed by atoms with Crippen LogP contribution in [0.4, 0.5) is 0 Å². The Bertz CT molecular complexity index is 500. The second-order valence-corrected chi connectivity index (χ2v) is 7.46. The maximum atomic E-state index is 6.60. The smallest absolute Gasteiger partial charge is 0.123 e. The molecule has 2 N–H and O–H groups in total. The second kappa shape index (κ2) is 6.19. The summed E-state index contributed by atoms with van der Waals surface area (Å²) in [4.78, 5) is 0. The van der Waals surface area contributed by atoms with Crippen LogP contribution < -0.4 is 10.5 Å². The van der Waals surface area contributed by atoms with Crippen molar-refractivity contribution in [2.45, 2.75) is 37.8 Å². The molecule has 3 atom stereocenters. The first kappa shape index (κ1) is 15.2. The van der Waals surface area contributed by atoms with Crippen LogP contribution in [0.1, 0.15) is 36.4 Å². The standard InChI is InChI=1S/C17H25NO2S/c1-12-3-4-14(15(9-12)19-2)16(18)13-5-7-20-17(10-13)6-8-21-11-17/h3-4,9,13,16H,5-8,10-11,18H2,1-2H3. The SMILES string of the molecule is COc1cc(C)ccc1C(N)C1CCOC2(CCSC2)C1. The summed E-state index contributed by atoms with van der Waals surface area (Å²) >= 11 is 2.01. The molecule has 4 heteroatoms. The molecule has 2 heterocycles. The zero-order valence-electron chi connectivity index (χ0n) is 12.9. The van der Waals surface area contributed by atoms with Crippen molar-refractivity contribution < 1.29 is 9.47 Å². The van der Waals surface area contributed by atoms with Crippen LogP contribution in [0.15, 0.2) is 18.2 Å². The normalized spacial score (nSPS) is 30.5. The van der Waals surface area contributed by atoms with Gasteiger partial charge >= 0.3 is 0 Å². The molecule has 3 unspecified atom stereocenters. The van der Waals surface area contributed by atoms with E-state index in [0.29, 0.717) is 5.92 Å². The highest BCUT2D eigenvalue weighted by Gasteiger charge is 2.42. The molecular formula is C17H25NO2S. The molecule has 0 aliphatic carbocycles. The lowest BCUT2D eigenvalue weighted by Gasteiger charge is -2.40. The summed E-state index contributed by atoms with van der Waals surface area (Å²) in [6.07, 6.45) is 3.30. The molecule has 0 radical (unpaired) electrons. The van der Waals surface area contributed by atoms with E-state index in [9.17, 15) is 0 Å². The second-order valence-electron chi connectivity index (χ2n) is 6.36. The maximum Gasteiger partial charge on any atom is 0.123 e. The summed E-state index contributed by atoms with van der Waals surface area (Å²) in [7, 11) is 1.73. The van der Waals surface area contributed by atoms with E-state index < -0.39 is 0 Å². The highest BCUT2D eigenvalue weighted by molar-refractivity contribution is 7.99. The summed E-state index contributed by atoms with van der Waals surface area (Å²) in [5, 5.41) is 0. The molecule has 0 aromatic heterocycles. The van der Waals surface area contributed by atoms with Gasteiger partial charge in [-0.1, -0.05) is 12.1 Å². The van der Waals surface area contributed by atoms with Crippen molar-refractivity contribution in [1.29, 1.82) is 0 Å². The zero-order chi connectivity index (χ0) is 14.9. The molecule has 0 amide bonds. The first-order valence-electron chi connectivity index (χ1n) is 7.75. The fraction of sp³-hybridized carbons (Fsp3) is 0.647. The Morgan fingerprint density at radius 2 is 2.33 bits per heavy atom. The van der Waals surface area contributed by atoms with Crippen molar-refractivity contribution in [3.63, 3.8) is 0 Å². The number of nitrogens with two attached hydrogens (primary N) is 1. The Kier molecular flexibility index (Phi) is 4.48. The van der Waals surface area contributed by atoms with Gasteiger partial charge in [-0.2, -0.15) is 11.8 Å². The number of rotatable bonds is 3. The summed E-state index contributed by atoms with van der Waals surface area (Å²) in [5.74, 6) is 3.75. The van der Waals surface area contributed by atoms with Crippen LogP contribution in [0.2, 0.25) is 0 Å². The van der Waals surface area contributed by atoms with Crippen LogP contribution in [-0.4, -0.2) is 30.8 Å². The summed E-state index contributed by atoms with van der Waals surface area (Å²) in [6, 6.07) is 6.37. The number of ether oxygens (including phenoxy) is 2. The van der Waals surface area contributed by atoms with E-state index in [1.807, 2.05) is 11.8 Å². The average Bonchev–Trinajstić information content (AvgIpc) is 2.94. The van der Waals surface area contributed by atoms with Crippen molar-refractivity contribution >= 4 is 11.8 Å². The van der Waals surface area contributed by atoms with Gasteiger partial charge in [0, 0.05) is 24.0 Å². The molecule has 0 saturated carbocycles. The third-order valence-electron chi connectivity index (χ3n) is 4.85. The van der Waals surface area contributed by atoms with Crippen LogP contribution in [0.5, 0.6) is 5.75 Å². The van der Waals surface area contributed by atoms with Gasteiger partial charge in [-0.15, -0.1) is 0 Å². The van der Waals surface area contributed by atoms with E-state index in [2.05, 4.69) is 25.1 Å². The lowest BCUT2D eigenvalue weighted by atomic mass is 9.79. The van der Waals surface area contributed by atoms with Gasteiger partial charge in [-0.05, 0) is 49.5 Å². The van der Waals surface area contributed by atoms with E-state index in [0.717, 1.165) is 36.5 Å². The highest BCUT2D eigenvalue weighted by atomic mass is 32.2. The molecule has 1 aromatic rings. The summed E-state index contributed by atoms with van der Waals surface area (Å²) < 4.78 is 11.7. The van der Waals surface area contributed by atoms with E-state index in [4.69, 9.17) is 15.2 Å². The first-order valence-corrected chi connectivity index (χ1v) is 8.91. The van der Waals surface area contributed by atoms with Gasteiger partial charge < -0.3 is 15.2 Å². The Labute approximate surface area is 131 Å². The monoisotopic (exact) mass is 307 g/mol. The molecule has 1 spiro atoms. The molecule has 116 valence electrons. The molecule has 2 aliphatic heterocycles. The number of hydrogen-bond acceptors (Lipinski definition) is 4. The van der Waals surface area contributed by atoms with Crippen LogP contribution in [0.25, 0.3) is 0 Å². The number of thioether (sulfide) groups is 1. The largest absolute Gasteiger partial charge is 0.496 e. The Morgan fingerprint density at radius 3 is 3.05 bits per heavy atom. The fourth-order valence-corrected chi connectivity index (χ4v) is 4.96. The Hall–Kier alpha value is -0.710. The van der Waals surface area contributed by atoms with E-state index in [1.54, 1.807) is 7.11 Å². The Morgan fingerprint density at radius 1 is 1.48 bits per heavy atom. The predicted octanol–water partition coefficient (Wildman–Crippen LogP) is 3.31. The first-order chi connectivity index (χ1) is 10.1. The van der Waals surface area contributed by atoms with E-state index >= 15 is 0 Å². The third kappa shape index (κ3) is 3.08. The molecular weight excluding hydrogens is 282 g/mol. The van der Waals surface area contributed by atoms with Gasteiger partial charge in [-0.3, -0.25) is 0 Å². The summed E-state index contributed by atoms with van der Waals surface area (Å²) in [5.41, 5.74) is 9.03. The zero-order valence-corrected chi connectivity index (χ0v) is 13.7. The summed E-state index contributed by atoms with van der Waals surface area (Å²) in [6.45, 7) is 2.92. The van der Waals surface area contributed by atoms with Crippen molar-refractivity contribution in [2.75, 3.05) is 25.2 Å². The molecule has 1 aromatic carbocycles. The topological polar surface area (TPSA) is 44.5 Å². The number of benzene rings is 1. The molecule has 0 bridgehead atoms. The fourth-order valence-electron chi connectivity index (χ4n) is 3.58. The Balaban J connectivity index is 1.79. The molecule has 3 nitrogen and oxygen atoms in total. The van der Waals surface area contributed by atoms with Crippen LogP contribution in [0.3, 0.4) is 0 Å². The van der Waals surface area contributed by atoms with Gasteiger partial charge in [0.2, 0.25) is 0 Å². The van der Waals surface area contributed by atoms with Gasteiger partial charge in [-0.25, -0.2) is 0 Å². The van der Waals surface area contributed by atoms with Gasteiger partial charge in [0.05, 0.1) is 12.7 Å². The number of aryl methyl sites for hydroxylation is 1. The predicted molar refractivity (Wildman–Crippen MR) is 88.0 cm³/mol. The molecule has 21 heavy (non-hydrogen) atoms. The third-order valence-corrected chi connectivity index (χ3v) is 6.08. The van der Waals surface area contributed by atoms with Gasteiger partial charge in [0.25, 0.3) is 0 Å². The lowest BCUT2D eigenvalue weighted by molar-refractivity contribution is -0.0835. The molecule has 2 aliphatic rings. The van der Waals surface area contributed by atoms with E-state index in [1.165, 1.54) is 17.7 Å². The highest BCUT2D eigenvalue weighted by Crippen LogP contribution is 2.44. The van der Waals surface area contributed by atoms with Gasteiger partial charge in [0.1, 0.15) is 5.75 Å². The molecule has 2 saturated heterocycles. The van der Waals surface area contributed by atoms with Crippen molar-refractivity contribution in [3.05, 3.63) is 29.3 Å². The van der Waals surface area contributed by atoms with Crippen molar-refractivity contribution in [3.8, 4) is 5.75 Å². The quantitative estimate of drug-likeness (QED) is 0.930. The molecule has 3 rings (SSSR count).